The highest BCUT2D eigenvalue weighted by Crippen LogP contribution is 2.19. The molecule has 1 atom stereocenters. The van der Waals surface area contributed by atoms with Crippen molar-refractivity contribution in [3.63, 3.8) is 0 Å². The topological polar surface area (TPSA) is 61.8 Å². The van der Waals surface area contributed by atoms with Crippen LogP contribution in [0.15, 0.2) is 48.5 Å². The number of anilines is 1. The number of hydrogen-bond donors (Lipinski definition) is 2. The molecule has 0 amide bonds. The molecule has 0 saturated heterocycles. The molecule has 19 heavy (non-hydrogen) atoms. The Morgan fingerprint density at radius 2 is 1.89 bits per heavy atom. The highest BCUT2D eigenvalue weighted by atomic mass is 19.1. The molecule has 0 radical (unpaired) electrons. The van der Waals surface area contributed by atoms with Crippen LogP contribution in [0.2, 0.25) is 0 Å². The van der Waals surface area contributed by atoms with Crippen LogP contribution < -0.4 is 11.1 Å². The van der Waals surface area contributed by atoms with E-state index < -0.39 is 5.82 Å². The summed E-state index contributed by atoms with van der Waals surface area (Å²) in [5, 5.41) is 11.9. The lowest BCUT2D eigenvalue weighted by Crippen LogP contribution is -2.21. The van der Waals surface area contributed by atoms with Gasteiger partial charge in [0.15, 0.2) is 0 Å². The average Bonchev–Trinajstić information content (AvgIpc) is 2.45. The van der Waals surface area contributed by atoms with Crippen molar-refractivity contribution in [3.8, 4) is 6.07 Å². The molecule has 0 aliphatic heterocycles. The van der Waals surface area contributed by atoms with Crippen molar-refractivity contribution in [1.29, 1.82) is 5.26 Å². The summed E-state index contributed by atoms with van der Waals surface area (Å²) < 4.78 is 13.4. The summed E-state index contributed by atoms with van der Waals surface area (Å²) in [6, 6.07) is 15.7. The van der Waals surface area contributed by atoms with E-state index in [-0.39, 0.29) is 11.6 Å². The lowest BCUT2D eigenvalue weighted by Gasteiger charge is -2.15. The normalized spacial score (nSPS) is 11.6. The Hall–Kier alpha value is -2.38. The smallest absolute Gasteiger partial charge is 0.143 e. The molecule has 0 spiro atoms. The molecule has 1 unspecified atom stereocenters. The SMILES string of the molecule is N#Cc1c(F)cccc1NCC(N)c1ccccc1. The maximum absolute atomic E-state index is 13.4. The minimum atomic E-state index is -0.527. The van der Waals surface area contributed by atoms with Crippen molar-refractivity contribution in [1.82, 2.24) is 0 Å². The molecule has 0 bridgehead atoms. The molecule has 0 fully saturated rings. The fourth-order valence-electron chi connectivity index (χ4n) is 1.82. The summed E-state index contributed by atoms with van der Waals surface area (Å²) in [5.41, 5.74) is 7.51. The number of nitrogens with two attached hydrogens (primary N) is 1. The molecule has 3 nitrogen and oxygen atoms in total. The Kier molecular flexibility index (Phi) is 4.11. The summed E-state index contributed by atoms with van der Waals surface area (Å²) >= 11 is 0. The molecular formula is C15H14FN3. The fraction of sp³-hybridized carbons (Fsp3) is 0.133. The van der Waals surface area contributed by atoms with Gasteiger partial charge in [-0.1, -0.05) is 36.4 Å². The van der Waals surface area contributed by atoms with Crippen LogP contribution in [-0.2, 0) is 0 Å². The van der Waals surface area contributed by atoms with Crippen LogP contribution in [0.25, 0.3) is 0 Å². The Morgan fingerprint density at radius 3 is 2.58 bits per heavy atom. The maximum atomic E-state index is 13.4. The fourth-order valence-corrected chi connectivity index (χ4v) is 1.82. The number of rotatable bonds is 4. The number of nitrogens with zero attached hydrogens (tertiary/aromatic N) is 1. The lowest BCUT2D eigenvalue weighted by atomic mass is 10.1. The van der Waals surface area contributed by atoms with Crippen molar-refractivity contribution in [2.45, 2.75) is 6.04 Å². The Balaban J connectivity index is 2.08. The molecule has 96 valence electrons. The Bertz CT molecular complexity index is 590. The van der Waals surface area contributed by atoms with E-state index in [2.05, 4.69) is 5.32 Å². The van der Waals surface area contributed by atoms with Gasteiger partial charge in [0.25, 0.3) is 0 Å². The van der Waals surface area contributed by atoms with E-state index >= 15 is 0 Å². The molecule has 0 heterocycles. The summed E-state index contributed by atoms with van der Waals surface area (Å²) in [6.07, 6.45) is 0. The van der Waals surface area contributed by atoms with E-state index in [1.807, 2.05) is 36.4 Å². The summed E-state index contributed by atoms with van der Waals surface area (Å²) in [5.74, 6) is -0.527. The van der Waals surface area contributed by atoms with Gasteiger partial charge in [-0.3, -0.25) is 0 Å². The van der Waals surface area contributed by atoms with Gasteiger partial charge in [-0.15, -0.1) is 0 Å². The van der Waals surface area contributed by atoms with Crippen molar-refractivity contribution < 1.29 is 4.39 Å². The third-order valence-corrected chi connectivity index (χ3v) is 2.87. The van der Waals surface area contributed by atoms with E-state index in [1.165, 1.54) is 6.07 Å². The highest BCUT2D eigenvalue weighted by Gasteiger charge is 2.09. The molecule has 3 N–H and O–H groups in total. The first-order chi connectivity index (χ1) is 9.22. The Morgan fingerprint density at radius 1 is 1.16 bits per heavy atom. The molecule has 0 saturated carbocycles. The van der Waals surface area contributed by atoms with Crippen LogP contribution in [0, 0.1) is 17.1 Å². The second-order valence-corrected chi connectivity index (χ2v) is 4.17. The molecule has 0 aliphatic carbocycles. The second kappa shape index (κ2) is 5.98. The van der Waals surface area contributed by atoms with Crippen LogP contribution in [-0.4, -0.2) is 6.54 Å². The number of hydrogen-bond acceptors (Lipinski definition) is 3. The molecule has 0 aromatic heterocycles. The molecule has 0 aliphatic rings. The average molecular weight is 255 g/mol. The van der Waals surface area contributed by atoms with Gasteiger partial charge in [0.05, 0.1) is 5.69 Å². The Labute approximate surface area is 111 Å². The number of nitriles is 1. The second-order valence-electron chi connectivity index (χ2n) is 4.17. The van der Waals surface area contributed by atoms with Crippen molar-refractivity contribution in [2.75, 3.05) is 11.9 Å². The molecule has 2 aromatic rings. The van der Waals surface area contributed by atoms with E-state index in [0.29, 0.717) is 12.2 Å². The van der Waals surface area contributed by atoms with E-state index in [9.17, 15) is 4.39 Å². The summed E-state index contributed by atoms with van der Waals surface area (Å²) in [6.45, 7) is 0.433. The first-order valence-electron chi connectivity index (χ1n) is 5.95. The van der Waals surface area contributed by atoms with Crippen LogP contribution in [0.5, 0.6) is 0 Å². The van der Waals surface area contributed by atoms with Gasteiger partial charge in [-0.05, 0) is 17.7 Å². The third kappa shape index (κ3) is 3.09. The maximum Gasteiger partial charge on any atom is 0.143 e. The predicted molar refractivity (Wildman–Crippen MR) is 73.0 cm³/mol. The minimum absolute atomic E-state index is 0.0164. The first kappa shape index (κ1) is 13.1. The number of benzene rings is 2. The first-order valence-corrected chi connectivity index (χ1v) is 5.95. The van der Waals surface area contributed by atoms with Gasteiger partial charge < -0.3 is 11.1 Å². The zero-order chi connectivity index (χ0) is 13.7. The zero-order valence-electron chi connectivity index (χ0n) is 10.3. The van der Waals surface area contributed by atoms with Gasteiger partial charge in [0.1, 0.15) is 17.4 Å². The largest absolute Gasteiger partial charge is 0.382 e. The molecule has 2 aromatic carbocycles. The number of nitrogens with one attached hydrogen (secondary N) is 1. The highest BCUT2D eigenvalue weighted by molar-refractivity contribution is 5.58. The van der Waals surface area contributed by atoms with Gasteiger partial charge in [0, 0.05) is 12.6 Å². The minimum Gasteiger partial charge on any atom is -0.382 e. The predicted octanol–water partition coefficient (Wildman–Crippen LogP) is 2.81. The standard InChI is InChI=1S/C15H14FN3/c16-13-7-4-8-15(12(13)9-17)19-10-14(18)11-5-2-1-3-6-11/h1-8,14,19H,10,18H2. The van der Waals surface area contributed by atoms with Crippen LogP contribution in [0.1, 0.15) is 17.2 Å². The monoisotopic (exact) mass is 255 g/mol. The number of halogens is 1. The van der Waals surface area contributed by atoms with Crippen molar-refractivity contribution >= 4 is 5.69 Å². The molecule has 2 rings (SSSR count). The lowest BCUT2D eigenvalue weighted by molar-refractivity contribution is 0.624. The van der Waals surface area contributed by atoms with Crippen LogP contribution in [0.4, 0.5) is 10.1 Å². The third-order valence-electron chi connectivity index (χ3n) is 2.87. The van der Waals surface area contributed by atoms with E-state index in [0.717, 1.165) is 5.56 Å². The van der Waals surface area contributed by atoms with E-state index in [1.54, 1.807) is 12.1 Å². The molecular weight excluding hydrogens is 241 g/mol. The van der Waals surface area contributed by atoms with Gasteiger partial charge in [-0.2, -0.15) is 5.26 Å². The van der Waals surface area contributed by atoms with Gasteiger partial charge >= 0.3 is 0 Å². The van der Waals surface area contributed by atoms with Crippen molar-refractivity contribution in [2.24, 2.45) is 5.73 Å². The molecule has 4 heteroatoms. The summed E-state index contributed by atoms with van der Waals surface area (Å²) in [7, 11) is 0. The quantitative estimate of drug-likeness (QED) is 0.883. The van der Waals surface area contributed by atoms with E-state index in [4.69, 9.17) is 11.0 Å². The van der Waals surface area contributed by atoms with Crippen LogP contribution >= 0.6 is 0 Å². The van der Waals surface area contributed by atoms with Gasteiger partial charge in [-0.25, -0.2) is 4.39 Å². The summed E-state index contributed by atoms with van der Waals surface area (Å²) in [4.78, 5) is 0. The zero-order valence-corrected chi connectivity index (χ0v) is 10.3. The van der Waals surface area contributed by atoms with Gasteiger partial charge in [0.2, 0.25) is 0 Å². The van der Waals surface area contributed by atoms with Crippen LogP contribution in [0.3, 0.4) is 0 Å². The van der Waals surface area contributed by atoms with Crippen molar-refractivity contribution in [3.05, 3.63) is 65.5 Å².